The van der Waals surface area contributed by atoms with E-state index in [1.807, 2.05) is 24.3 Å². The number of hydrogen-bond acceptors (Lipinski definition) is 3. The summed E-state index contributed by atoms with van der Waals surface area (Å²) in [5.41, 5.74) is 6.92. The van der Waals surface area contributed by atoms with Gasteiger partial charge in [0, 0.05) is 13.6 Å². The predicted octanol–water partition coefficient (Wildman–Crippen LogP) is 1.05. The van der Waals surface area contributed by atoms with Crippen LogP contribution in [0.3, 0.4) is 0 Å². The summed E-state index contributed by atoms with van der Waals surface area (Å²) in [6.45, 7) is 0.464. The van der Waals surface area contributed by atoms with Crippen LogP contribution in [0.15, 0.2) is 30.3 Å². The van der Waals surface area contributed by atoms with Crippen LogP contribution in [0.4, 0.5) is 5.69 Å². The summed E-state index contributed by atoms with van der Waals surface area (Å²) in [6, 6.07) is 7.26. The van der Waals surface area contributed by atoms with E-state index in [1.54, 1.807) is 12.1 Å². The minimum Gasteiger partial charge on any atom is -0.327 e. The van der Waals surface area contributed by atoms with E-state index in [-0.39, 0.29) is 0 Å². The van der Waals surface area contributed by atoms with Crippen molar-refractivity contribution in [3.8, 4) is 0 Å². The summed E-state index contributed by atoms with van der Waals surface area (Å²) in [4.78, 5) is 0. The summed E-state index contributed by atoms with van der Waals surface area (Å²) in [5, 5.41) is 0. The Balaban J connectivity index is 3.03. The fraction of sp³-hybridized carbons (Fsp3) is 0.273. The maximum atomic E-state index is 11.3. The van der Waals surface area contributed by atoms with E-state index in [0.717, 1.165) is 5.56 Å². The number of sulfonamides is 1. The van der Waals surface area contributed by atoms with Crippen molar-refractivity contribution < 1.29 is 8.42 Å². The van der Waals surface area contributed by atoms with Gasteiger partial charge in [0.15, 0.2) is 0 Å². The molecule has 2 N–H and O–H groups in total. The van der Waals surface area contributed by atoms with Crippen LogP contribution in [-0.4, -0.2) is 28.3 Å². The summed E-state index contributed by atoms with van der Waals surface area (Å²) in [5.74, 6) is 0. The van der Waals surface area contributed by atoms with Gasteiger partial charge in [-0.25, -0.2) is 8.42 Å². The maximum Gasteiger partial charge on any atom is 0.231 e. The lowest BCUT2D eigenvalue weighted by atomic mass is 10.2. The standard InChI is InChI=1S/C11H16N2O2S/c1-13(16(2,14)15)11-7-3-5-10(9-11)6-4-8-12/h3-7,9H,8,12H2,1-2H3/b6-4+. The summed E-state index contributed by atoms with van der Waals surface area (Å²) >= 11 is 0. The van der Waals surface area contributed by atoms with Gasteiger partial charge in [-0.1, -0.05) is 24.3 Å². The molecule has 88 valence electrons. The molecule has 0 aliphatic carbocycles. The molecular weight excluding hydrogens is 224 g/mol. The average Bonchev–Trinajstić information content (AvgIpc) is 2.24. The smallest absolute Gasteiger partial charge is 0.231 e. The van der Waals surface area contributed by atoms with Crippen molar-refractivity contribution in [2.24, 2.45) is 5.73 Å². The van der Waals surface area contributed by atoms with Gasteiger partial charge in [-0.05, 0) is 17.7 Å². The van der Waals surface area contributed by atoms with E-state index in [0.29, 0.717) is 12.2 Å². The third-order valence-electron chi connectivity index (χ3n) is 2.18. The van der Waals surface area contributed by atoms with Crippen LogP contribution in [0.1, 0.15) is 5.56 Å². The van der Waals surface area contributed by atoms with Crippen molar-refractivity contribution in [1.29, 1.82) is 0 Å². The van der Waals surface area contributed by atoms with Crippen molar-refractivity contribution in [2.45, 2.75) is 0 Å². The van der Waals surface area contributed by atoms with Crippen molar-refractivity contribution in [3.63, 3.8) is 0 Å². The first kappa shape index (κ1) is 12.7. The molecule has 4 nitrogen and oxygen atoms in total. The quantitative estimate of drug-likeness (QED) is 0.855. The minimum absolute atomic E-state index is 0.464. The Kier molecular flexibility index (Phi) is 4.09. The molecule has 5 heteroatoms. The first-order valence-electron chi connectivity index (χ1n) is 4.85. The van der Waals surface area contributed by atoms with Crippen molar-refractivity contribution in [1.82, 2.24) is 0 Å². The van der Waals surface area contributed by atoms with Crippen LogP contribution in [0.2, 0.25) is 0 Å². The Morgan fingerprint density at radius 1 is 1.44 bits per heavy atom. The molecule has 0 fully saturated rings. The molecule has 0 atom stereocenters. The van der Waals surface area contributed by atoms with Gasteiger partial charge in [0.2, 0.25) is 10.0 Å². The molecule has 1 aromatic rings. The Bertz CT molecular complexity index is 481. The molecule has 1 aromatic carbocycles. The summed E-state index contributed by atoms with van der Waals surface area (Å²) in [7, 11) is -1.68. The van der Waals surface area contributed by atoms with Crippen LogP contribution in [0.25, 0.3) is 6.08 Å². The molecule has 0 saturated heterocycles. The van der Waals surface area contributed by atoms with Crippen LogP contribution in [-0.2, 0) is 10.0 Å². The van der Waals surface area contributed by atoms with Gasteiger partial charge in [0.1, 0.15) is 0 Å². The van der Waals surface area contributed by atoms with Gasteiger partial charge in [-0.3, -0.25) is 4.31 Å². The number of benzene rings is 1. The zero-order valence-electron chi connectivity index (χ0n) is 9.42. The lowest BCUT2D eigenvalue weighted by Crippen LogP contribution is -2.24. The van der Waals surface area contributed by atoms with E-state index in [1.165, 1.54) is 17.6 Å². The highest BCUT2D eigenvalue weighted by Gasteiger charge is 2.11. The summed E-state index contributed by atoms with van der Waals surface area (Å²) < 4.78 is 23.9. The fourth-order valence-electron chi connectivity index (χ4n) is 1.22. The number of hydrogen-bond donors (Lipinski definition) is 1. The van der Waals surface area contributed by atoms with Crippen LogP contribution >= 0.6 is 0 Å². The summed E-state index contributed by atoms with van der Waals surface area (Å²) in [6.07, 6.45) is 4.86. The zero-order chi connectivity index (χ0) is 12.2. The van der Waals surface area contributed by atoms with E-state index in [9.17, 15) is 8.42 Å². The molecule has 0 aliphatic rings. The molecule has 0 heterocycles. The van der Waals surface area contributed by atoms with Crippen molar-refractivity contribution >= 4 is 21.8 Å². The average molecular weight is 240 g/mol. The van der Waals surface area contributed by atoms with Crippen LogP contribution in [0, 0.1) is 0 Å². The van der Waals surface area contributed by atoms with Gasteiger partial charge in [-0.2, -0.15) is 0 Å². The second-order valence-electron chi connectivity index (χ2n) is 3.46. The minimum atomic E-state index is -3.21. The largest absolute Gasteiger partial charge is 0.327 e. The number of rotatable bonds is 4. The molecule has 0 aliphatic heterocycles. The molecule has 1 rings (SSSR count). The highest BCUT2D eigenvalue weighted by molar-refractivity contribution is 7.92. The monoisotopic (exact) mass is 240 g/mol. The molecule has 0 spiro atoms. The molecule has 0 aromatic heterocycles. The van der Waals surface area contributed by atoms with E-state index < -0.39 is 10.0 Å². The van der Waals surface area contributed by atoms with E-state index in [4.69, 9.17) is 5.73 Å². The molecule has 0 bridgehead atoms. The van der Waals surface area contributed by atoms with Crippen molar-refractivity contribution in [2.75, 3.05) is 24.2 Å². The Morgan fingerprint density at radius 3 is 2.69 bits per heavy atom. The first-order valence-corrected chi connectivity index (χ1v) is 6.70. The Labute approximate surface area is 96.4 Å². The Hall–Kier alpha value is -1.33. The number of nitrogens with zero attached hydrogens (tertiary/aromatic N) is 1. The Morgan fingerprint density at radius 2 is 2.12 bits per heavy atom. The zero-order valence-corrected chi connectivity index (χ0v) is 10.2. The van der Waals surface area contributed by atoms with Gasteiger partial charge in [0.25, 0.3) is 0 Å². The normalized spacial score (nSPS) is 11.9. The van der Waals surface area contributed by atoms with Crippen LogP contribution in [0.5, 0.6) is 0 Å². The lowest BCUT2D eigenvalue weighted by molar-refractivity contribution is 0.600. The highest BCUT2D eigenvalue weighted by atomic mass is 32.2. The van der Waals surface area contributed by atoms with Gasteiger partial charge >= 0.3 is 0 Å². The third kappa shape index (κ3) is 3.36. The third-order valence-corrected chi connectivity index (χ3v) is 3.38. The molecular formula is C11H16N2O2S. The first-order chi connectivity index (χ1) is 7.45. The van der Waals surface area contributed by atoms with Crippen molar-refractivity contribution in [3.05, 3.63) is 35.9 Å². The number of nitrogens with two attached hydrogens (primary N) is 1. The highest BCUT2D eigenvalue weighted by Crippen LogP contribution is 2.17. The van der Waals surface area contributed by atoms with Crippen LogP contribution < -0.4 is 10.0 Å². The number of anilines is 1. The SMILES string of the molecule is CN(c1cccc(/C=C/CN)c1)S(C)(=O)=O. The molecule has 0 amide bonds. The molecule has 0 saturated carbocycles. The second-order valence-corrected chi connectivity index (χ2v) is 5.48. The predicted molar refractivity (Wildman–Crippen MR) is 67.8 cm³/mol. The molecule has 16 heavy (non-hydrogen) atoms. The van der Waals surface area contributed by atoms with Gasteiger partial charge in [-0.15, -0.1) is 0 Å². The van der Waals surface area contributed by atoms with Gasteiger partial charge < -0.3 is 5.73 Å². The second kappa shape index (κ2) is 5.14. The van der Waals surface area contributed by atoms with E-state index in [2.05, 4.69) is 0 Å². The lowest BCUT2D eigenvalue weighted by Gasteiger charge is -2.16. The topological polar surface area (TPSA) is 63.4 Å². The molecule has 0 unspecified atom stereocenters. The fourth-order valence-corrected chi connectivity index (χ4v) is 1.72. The van der Waals surface area contributed by atoms with Gasteiger partial charge in [0.05, 0.1) is 11.9 Å². The molecule has 0 radical (unpaired) electrons. The maximum absolute atomic E-state index is 11.3. The van der Waals surface area contributed by atoms with E-state index >= 15 is 0 Å².